The van der Waals surface area contributed by atoms with Crippen LogP contribution in [0.4, 0.5) is 4.39 Å². The molecule has 5 heteroatoms. The van der Waals surface area contributed by atoms with Crippen LogP contribution in [0.1, 0.15) is 19.8 Å². The first-order chi connectivity index (χ1) is 6.02. The van der Waals surface area contributed by atoms with E-state index in [-0.39, 0.29) is 6.42 Å². The monoisotopic (exact) mass is 189 g/mol. The minimum absolute atomic E-state index is 0.211. The first-order valence-corrected chi connectivity index (χ1v) is 4.24. The zero-order valence-electron chi connectivity index (χ0n) is 7.42. The van der Waals surface area contributed by atoms with Gasteiger partial charge in [0.05, 0.1) is 0 Å². The molecule has 1 aliphatic rings. The average molecular weight is 189 g/mol. The van der Waals surface area contributed by atoms with Gasteiger partial charge in [-0.15, -0.1) is 0 Å². The maximum atomic E-state index is 13.5. The highest BCUT2D eigenvalue weighted by Gasteiger charge is 2.50. The largest absolute Gasteiger partial charge is 0.478 e. The van der Waals surface area contributed by atoms with E-state index in [2.05, 4.69) is 0 Å². The number of hydrogen-bond donors (Lipinski definition) is 1. The van der Waals surface area contributed by atoms with E-state index in [0.29, 0.717) is 19.5 Å². The van der Waals surface area contributed by atoms with E-state index in [4.69, 9.17) is 5.11 Å². The topological polar surface area (TPSA) is 57.6 Å². The molecule has 1 rings (SSSR count). The molecule has 0 aromatic heterocycles. The molecule has 1 amide bonds. The van der Waals surface area contributed by atoms with E-state index in [0.717, 1.165) is 0 Å². The summed E-state index contributed by atoms with van der Waals surface area (Å²) < 4.78 is 13.5. The van der Waals surface area contributed by atoms with Crippen molar-refractivity contribution in [3.05, 3.63) is 0 Å². The Labute approximate surface area is 75.3 Å². The molecule has 4 nitrogen and oxygen atoms in total. The van der Waals surface area contributed by atoms with Crippen molar-refractivity contribution in [2.45, 2.75) is 25.4 Å². The molecule has 1 heterocycles. The molecule has 13 heavy (non-hydrogen) atoms. The van der Waals surface area contributed by atoms with Gasteiger partial charge in [0.15, 0.2) is 0 Å². The lowest BCUT2D eigenvalue weighted by molar-refractivity contribution is -0.166. The molecule has 0 spiro atoms. The Hall–Kier alpha value is -1.13. The van der Waals surface area contributed by atoms with Crippen LogP contribution in [0.3, 0.4) is 0 Å². The predicted molar refractivity (Wildman–Crippen MR) is 43.0 cm³/mol. The third-order valence-electron chi connectivity index (χ3n) is 2.30. The SMILES string of the molecule is CCN1CCC[C@@](F)(C(=O)O)C1=O. The van der Waals surface area contributed by atoms with Gasteiger partial charge in [-0.3, -0.25) is 4.79 Å². The number of hydrogen-bond acceptors (Lipinski definition) is 2. The van der Waals surface area contributed by atoms with Gasteiger partial charge in [-0.2, -0.15) is 0 Å². The standard InChI is InChI=1S/C8H12FNO3/c1-2-10-5-3-4-8(9,6(10)11)7(12)13/h2-5H2,1H3,(H,12,13)/t8-/m0/s1. The predicted octanol–water partition coefficient (Wildman–Crippen LogP) is 0.422. The van der Waals surface area contributed by atoms with Gasteiger partial charge in [-0.25, -0.2) is 9.18 Å². The third-order valence-corrected chi connectivity index (χ3v) is 2.30. The molecule has 0 saturated carbocycles. The molecule has 74 valence electrons. The van der Waals surface area contributed by atoms with Crippen LogP contribution in [0, 0.1) is 0 Å². The van der Waals surface area contributed by atoms with Gasteiger partial charge in [0.25, 0.3) is 11.6 Å². The molecular weight excluding hydrogens is 177 g/mol. The van der Waals surface area contributed by atoms with Crippen LogP contribution in [0.25, 0.3) is 0 Å². The molecule has 0 aliphatic carbocycles. The van der Waals surface area contributed by atoms with Crippen molar-refractivity contribution in [3.63, 3.8) is 0 Å². The second-order valence-corrected chi connectivity index (χ2v) is 3.09. The highest BCUT2D eigenvalue weighted by molar-refractivity contribution is 6.05. The lowest BCUT2D eigenvalue weighted by atomic mass is 9.94. The molecule has 1 saturated heterocycles. The zero-order valence-corrected chi connectivity index (χ0v) is 7.42. The van der Waals surface area contributed by atoms with E-state index < -0.39 is 17.5 Å². The molecule has 0 aromatic carbocycles. The Morgan fingerprint density at radius 1 is 1.77 bits per heavy atom. The summed E-state index contributed by atoms with van der Waals surface area (Å²) >= 11 is 0. The second-order valence-electron chi connectivity index (χ2n) is 3.09. The summed E-state index contributed by atoms with van der Waals surface area (Å²) in [6.45, 7) is 2.51. The number of carbonyl (C=O) groups is 2. The minimum Gasteiger partial charge on any atom is -0.478 e. The second kappa shape index (κ2) is 3.32. The van der Waals surface area contributed by atoms with Crippen LogP contribution in [0.15, 0.2) is 0 Å². The van der Waals surface area contributed by atoms with Crippen molar-refractivity contribution in [2.24, 2.45) is 0 Å². The number of rotatable bonds is 2. The van der Waals surface area contributed by atoms with Gasteiger partial charge in [0, 0.05) is 19.5 Å². The summed E-state index contributed by atoms with van der Waals surface area (Å²) in [5.41, 5.74) is -2.69. The Morgan fingerprint density at radius 3 is 2.85 bits per heavy atom. The van der Waals surface area contributed by atoms with E-state index in [9.17, 15) is 14.0 Å². The minimum atomic E-state index is -2.69. The Bertz CT molecular complexity index is 244. The number of carboxylic acids is 1. The summed E-state index contributed by atoms with van der Waals surface area (Å²) in [5.74, 6) is -2.58. The van der Waals surface area contributed by atoms with Gasteiger partial charge in [0.2, 0.25) is 0 Å². The molecule has 1 aliphatic heterocycles. The number of piperidine rings is 1. The van der Waals surface area contributed by atoms with Gasteiger partial charge in [-0.05, 0) is 13.3 Å². The summed E-state index contributed by atoms with van der Waals surface area (Å²) in [6.07, 6.45) is 0.194. The van der Waals surface area contributed by atoms with Crippen LogP contribution in [-0.2, 0) is 9.59 Å². The van der Waals surface area contributed by atoms with Crippen LogP contribution in [-0.4, -0.2) is 40.6 Å². The fourth-order valence-corrected chi connectivity index (χ4v) is 1.47. The summed E-state index contributed by atoms with van der Waals surface area (Å²) in [4.78, 5) is 23.0. The van der Waals surface area contributed by atoms with Gasteiger partial charge in [0.1, 0.15) is 0 Å². The Balaban J connectivity index is 2.87. The smallest absolute Gasteiger partial charge is 0.351 e. The highest BCUT2D eigenvalue weighted by Crippen LogP contribution is 2.26. The number of nitrogens with zero attached hydrogens (tertiary/aromatic N) is 1. The molecule has 1 atom stereocenters. The number of carbonyl (C=O) groups excluding carboxylic acids is 1. The Kier molecular flexibility index (Phi) is 2.54. The zero-order chi connectivity index (χ0) is 10.1. The molecule has 1 N–H and O–H groups in total. The molecule has 0 unspecified atom stereocenters. The quantitative estimate of drug-likeness (QED) is 0.640. The first kappa shape index (κ1) is 9.95. The van der Waals surface area contributed by atoms with Crippen LogP contribution >= 0.6 is 0 Å². The van der Waals surface area contributed by atoms with Crippen molar-refractivity contribution in [1.82, 2.24) is 4.90 Å². The molecular formula is C8H12FNO3. The lowest BCUT2D eigenvalue weighted by Gasteiger charge is -2.33. The fourth-order valence-electron chi connectivity index (χ4n) is 1.47. The van der Waals surface area contributed by atoms with Crippen LogP contribution in [0.2, 0.25) is 0 Å². The number of carboxylic acid groups (broad SMARTS) is 1. The van der Waals surface area contributed by atoms with Crippen molar-refractivity contribution >= 4 is 11.9 Å². The van der Waals surface area contributed by atoms with Crippen molar-refractivity contribution in [2.75, 3.05) is 13.1 Å². The number of likely N-dealkylation sites (tertiary alicyclic amines) is 1. The summed E-state index contributed by atoms with van der Waals surface area (Å²) in [6, 6.07) is 0. The fraction of sp³-hybridized carbons (Fsp3) is 0.750. The van der Waals surface area contributed by atoms with E-state index >= 15 is 0 Å². The van der Waals surface area contributed by atoms with Crippen LogP contribution in [0.5, 0.6) is 0 Å². The molecule has 1 fully saturated rings. The maximum absolute atomic E-state index is 13.5. The van der Waals surface area contributed by atoms with Gasteiger partial charge in [-0.1, -0.05) is 0 Å². The van der Waals surface area contributed by atoms with Crippen molar-refractivity contribution in [1.29, 1.82) is 0 Å². The molecule has 0 bridgehead atoms. The normalized spacial score (nSPS) is 29.1. The van der Waals surface area contributed by atoms with E-state index in [1.54, 1.807) is 6.92 Å². The first-order valence-electron chi connectivity index (χ1n) is 4.24. The number of alkyl halides is 1. The molecule has 0 aromatic rings. The van der Waals surface area contributed by atoms with Gasteiger partial charge < -0.3 is 10.0 Å². The number of halogens is 1. The summed E-state index contributed by atoms with van der Waals surface area (Å²) in [7, 11) is 0. The average Bonchev–Trinajstić information content (AvgIpc) is 2.09. The molecule has 0 radical (unpaired) electrons. The lowest BCUT2D eigenvalue weighted by Crippen LogP contribution is -2.55. The highest BCUT2D eigenvalue weighted by atomic mass is 19.1. The third kappa shape index (κ3) is 1.50. The van der Waals surface area contributed by atoms with E-state index in [1.165, 1.54) is 4.90 Å². The maximum Gasteiger partial charge on any atom is 0.351 e. The van der Waals surface area contributed by atoms with Crippen LogP contribution < -0.4 is 0 Å². The number of amides is 1. The number of aliphatic carboxylic acids is 1. The summed E-state index contributed by atoms with van der Waals surface area (Å²) in [5, 5.41) is 8.56. The van der Waals surface area contributed by atoms with Crippen molar-refractivity contribution in [3.8, 4) is 0 Å². The Morgan fingerprint density at radius 2 is 2.38 bits per heavy atom. The van der Waals surface area contributed by atoms with Crippen molar-refractivity contribution < 1.29 is 19.1 Å². The van der Waals surface area contributed by atoms with Gasteiger partial charge >= 0.3 is 5.97 Å². The van der Waals surface area contributed by atoms with E-state index in [1.807, 2.05) is 0 Å².